The molecule has 0 spiro atoms. The Morgan fingerprint density at radius 2 is 1.84 bits per heavy atom. The first-order valence-electron chi connectivity index (χ1n) is 7.81. The number of carbonyl (C=O) groups is 1. The SMILES string of the molecule is O=C(O)n1c(=O)n(Cc2ccccc2)c2cccc(-c3cc[nH]c3)c21. The molecule has 0 aliphatic rings. The van der Waals surface area contributed by atoms with E-state index in [1.54, 1.807) is 18.5 Å². The normalized spacial score (nSPS) is 11.0. The van der Waals surface area contributed by atoms with Crippen LogP contribution in [0.25, 0.3) is 22.2 Å². The van der Waals surface area contributed by atoms with Gasteiger partial charge >= 0.3 is 11.8 Å². The van der Waals surface area contributed by atoms with Crippen molar-refractivity contribution < 1.29 is 9.90 Å². The van der Waals surface area contributed by atoms with Crippen molar-refractivity contribution in [3.63, 3.8) is 0 Å². The Balaban J connectivity index is 2.02. The van der Waals surface area contributed by atoms with Gasteiger partial charge in [-0.15, -0.1) is 0 Å². The highest BCUT2D eigenvalue weighted by Crippen LogP contribution is 2.28. The van der Waals surface area contributed by atoms with Crippen molar-refractivity contribution in [1.29, 1.82) is 0 Å². The molecule has 0 fully saturated rings. The number of hydrogen-bond acceptors (Lipinski definition) is 2. The molecule has 4 aromatic rings. The lowest BCUT2D eigenvalue weighted by molar-refractivity contribution is 0.196. The van der Waals surface area contributed by atoms with E-state index in [1.807, 2.05) is 48.5 Å². The highest BCUT2D eigenvalue weighted by molar-refractivity contribution is 5.97. The fourth-order valence-corrected chi connectivity index (χ4v) is 3.12. The predicted octanol–water partition coefficient (Wildman–Crippen LogP) is 3.37. The number of aromatic amines is 1. The third kappa shape index (κ3) is 2.44. The molecule has 0 saturated heterocycles. The van der Waals surface area contributed by atoms with E-state index < -0.39 is 11.8 Å². The molecule has 2 heterocycles. The zero-order valence-electron chi connectivity index (χ0n) is 13.2. The molecule has 0 atom stereocenters. The lowest BCUT2D eigenvalue weighted by Crippen LogP contribution is -2.28. The number of H-pyrrole nitrogens is 1. The number of hydrogen-bond donors (Lipinski definition) is 2. The number of nitrogens with one attached hydrogen (secondary N) is 1. The Hall–Kier alpha value is -3.54. The molecule has 0 bridgehead atoms. The molecule has 0 radical (unpaired) electrons. The minimum atomic E-state index is -1.29. The van der Waals surface area contributed by atoms with Gasteiger partial charge in [-0.1, -0.05) is 42.5 Å². The molecule has 0 aliphatic heterocycles. The van der Waals surface area contributed by atoms with Gasteiger partial charge in [0.05, 0.1) is 17.6 Å². The van der Waals surface area contributed by atoms with Crippen molar-refractivity contribution in [1.82, 2.24) is 14.1 Å². The average molecular weight is 333 g/mol. The first-order valence-corrected chi connectivity index (χ1v) is 7.81. The summed E-state index contributed by atoms with van der Waals surface area (Å²) in [4.78, 5) is 27.5. The van der Waals surface area contributed by atoms with E-state index in [-0.39, 0.29) is 0 Å². The summed E-state index contributed by atoms with van der Waals surface area (Å²) in [6.45, 7) is 0.313. The molecule has 4 rings (SSSR count). The maximum Gasteiger partial charge on any atom is 0.420 e. The fraction of sp³-hybridized carbons (Fsp3) is 0.0526. The van der Waals surface area contributed by atoms with E-state index in [0.717, 1.165) is 15.7 Å². The summed E-state index contributed by atoms with van der Waals surface area (Å²) in [5.41, 5.74) is 2.89. The number of aromatic nitrogens is 3. The molecule has 2 aromatic carbocycles. The van der Waals surface area contributed by atoms with Crippen molar-refractivity contribution in [2.24, 2.45) is 0 Å². The van der Waals surface area contributed by atoms with Gasteiger partial charge in [-0.3, -0.25) is 4.57 Å². The van der Waals surface area contributed by atoms with Crippen LogP contribution in [0.15, 0.2) is 71.8 Å². The van der Waals surface area contributed by atoms with Crippen LogP contribution in [0.4, 0.5) is 4.79 Å². The van der Waals surface area contributed by atoms with Crippen LogP contribution in [0, 0.1) is 0 Å². The van der Waals surface area contributed by atoms with Gasteiger partial charge in [-0.25, -0.2) is 9.59 Å². The fourth-order valence-electron chi connectivity index (χ4n) is 3.12. The predicted molar refractivity (Wildman–Crippen MR) is 95.0 cm³/mol. The molecule has 124 valence electrons. The highest BCUT2D eigenvalue weighted by Gasteiger charge is 2.21. The number of para-hydroxylation sites is 1. The summed E-state index contributed by atoms with van der Waals surface area (Å²) in [5.74, 6) is 0. The van der Waals surface area contributed by atoms with Gasteiger partial charge in [-0.2, -0.15) is 4.57 Å². The smallest absolute Gasteiger partial charge is 0.420 e. The van der Waals surface area contributed by atoms with Crippen molar-refractivity contribution in [2.45, 2.75) is 6.54 Å². The third-order valence-corrected chi connectivity index (χ3v) is 4.24. The molecule has 0 aliphatic carbocycles. The standard InChI is InChI=1S/C19H15N3O3/c23-18-21(12-13-5-2-1-3-6-13)16-8-4-7-15(14-9-10-20-11-14)17(16)22(18)19(24)25/h1-11,20H,12H2,(H,24,25). The number of imidazole rings is 1. The number of rotatable bonds is 3. The van der Waals surface area contributed by atoms with Crippen molar-refractivity contribution in [3.8, 4) is 11.1 Å². The monoisotopic (exact) mass is 333 g/mol. The topological polar surface area (TPSA) is 80.0 Å². The average Bonchev–Trinajstić information content (AvgIpc) is 3.23. The number of nitrogens with zero attached hydrogens (tertiary/aromatic N) is 2. The minimum Gasteiger partial charge on any atom is -0.464 e. The molecule has 0 saturated carbocycles. The molecular formula is C19H15N3O3. The second-order valence-electron chi connectivity index (χ2n) is 5.75. The maximum atomic E-state index is 12.8. The van der Waals surface area contributed by atoms with Crippen LogP contribution in [-0.2, 0) is 6.54 Å². The van der Waals surface area contributed by atoms with E-state index >= 15 is 0 Å². The van der Waals surface area contributed by atoms with Gasteiger partial charge < -0.3 is 10.1 Å². The van der Waals surface area contributed by atoms with Gasteiger partial charge in [0, 0.05) is 23.5 Å². The van der Waals surface area contributed by atoms with Crippen molar-refractivity contribution in [2.75, 3.05) is 0 Å². The lowest BCUT2D eigenvalue weighted by atomic mass is 10.1. The van der Waals surface area contributed by atoms with Gasteiger partial charge in [-0.05, 0) is 17.7 Å². The van der Waals surface area contributed by atoms with E-state index in [0.29, 0.717) is 23.1 Å². The van der Waals surface area contributed by atoms with Crippen LogP contribution >= 0.6 is 0 Å². The van der Waals surface area contributed by atoms with Gasteiger partial charge in [0.1, 0.15) is 0 Å². The van der Waals surface area contributed by atoms with Gasteiger partial charge in [0.2, 0.25) is 0 Å². The zero-order valence-corrected chi connectivity index (χ0v) is 13.2. The Morgan fingerprint density at radius 1 is 1.04 bits per heavy atom. The third-order valence-electron chi connectivity index (χ3n) is 4.24. The van der Waals surface area contributed by atoms with E-state index in [2.05, 4.69) is 4.98 Å². The van der Waals surface area contributed by atoms with Crippen molar-refractivity contribution in [3.05, 3.63) is 83.0 Å². The Kier molecular flexibility index (Phi) is 3.50. The molecular weight excluding hydrogens is 318 g/mol. The zero-order chi connectivity index (χ0) is 17.4. The summed E-state index contributed by atoms with van der Waals surface area (Å²) in [7, 11) is 0. The molecule has 25 heavy (non-hydrogen) atoms. The van der Waals surface area contributed by atoms with Gasteiger partial charge in [0.25, 0.3) is 0 Å². The highest BCUT2D eigenvalue weighted by atomic mass is 16.4. The van der Waals surface area contributed by atoms with Crippen LogP contribution in [0.2, 0.25) is 0 Å². The second-order valence-corrected chi connectivity index (χ2v) is 5.75. The quantitative estimate of drug-likeness (QED) is 0.603. The molecule has 0 unspecified atom stereocenters. The van der Waals surface area contributed by atoms with Crippen LogP contribution in [0.1, 0.15) is 5.56 Å². The maximum absolute atomic E-state index is 12.8. The largest absolute Gasteiger partial charge is 0.464 e. The van der Waals surface area contributed by atoms with Crippen molar-refractivity contribution >= 4 is 17.1 Å². The molecule has 2 N–H and O–H groups in total. The Morgan fingerprint density at radius 3 is 2.52 bits per heavy atom. The first kappa shape index (κ1) is 15.0. The Labute approximate surface area is 142 Å². The first-order chi connectivity index (χ1) is 12.2. The van der Waals surface area contributed by atoms with Crippen LogP contribution < -0.4 is 5.69 Å². The molecule has 2 aromatic heterocycles. The molecule has 6 heteroatoms. The number of benzene rings is 2. The summed E-state index contributed by atoms with van der Waals surface area (Å²) < 4.78 is 2.32. The second kappa shape index (κ2) is 5.83. The molecule has 0 amide bonds. The number of carboxylic acid groups (broad SMARTS) is 1. The van der Waals surface area contributed by atoms with E-state index in [4.69, 9.17) is 0 Å². The number of fused-ring (bicyclic) bond motifs is 1. The summed E-state index contributed by atoms with van der Waals surface area (Å²) in [6.07, 6.45) is 2.25. The summed E-state index contributed by atoms with van der Waals surface area (Å²) in [5, 5.41) is 9.61. The lowest BCUT2D eigenvalue weighted by Gasteiger charge is -2.05. The summed E-state index contributed by atoms with van der Waals surface area (Å²) >= 11 is 0. The Bertz CT molecular complexity index is 1110. The van der Waals surface area contributed by atoms with Gasteiger partial charge in [0.15, 0.2) is 0 Å². The molecule has 6 nitrogen and oxygen atoms in total. The minimum absolute atomic E-state index is 0.313. The van der Waals surface area contributed by atoms with Crippen LogP contribution in [-0.4, -0.2) is 25.3 Å². The van der Waals surface area contributed by atoms with E-state index in [1.165, 1.54) is 4.57 Å². The summed E-state index contributed by atoms with van der Waals surface area (Å²) in [6, 6.07) is 16.8. The van der Waals surface area contributed by atoms with E-state index in [9.17, 15) is 14.7 Å². The van der Waals surface area contributed by atoms with Crippen LogP contribution in [0.3, 0.4) is 0 Å². The van der Waals surface area contributed by atoms with Crippen LogP contribution in [0.5, 0.6) is 0 Å².